The third-order valence-electron chi connectivity index (χ3n) is 4.20. The molecule has 1 aliphatic rings. The molecule has 1 N–H and O–H groups in total. The zero-order chi connectivity index (χ0) is 15.4. The van der Waals surface area contributed by atoms with Gasteiger partial charge in [-0.25, -0.2) is 0 Å². The van der Waals surface area contributed by atoms with Crippen LogP contribution >= 0.6 is 11.6 Å². The molecular weight excluding hydrogens is 286 g/mol. The van der Waals surface area contributed by atoms with E-state index in [1.165, 1.54) is 12.8 Å². The monoisotopic (exact) mass is 313 g/mol. The molecule has 1 aromatic heterocycles. The summed E-state index contributed by atoms with van der Waals surface area (Å²) in [5.74, 6) is 0.535. The lowest BCUT2D eigenvalue weighted by Crippen LogP contribution is -2.49. The molecule has 0 unspecified atom stereocenters. The van der Waals surface area contributed by atoms with Crippen molar-refractivity contribution in [2.24, 2.45) is 5.92 Å². The molecule has 0 bridgehead atoms. The number of halogens is 1. The van der Waals surface area contributed by atoms with Gasteiger partial charge in [-0.3, -0.25) is 10.00 Å². The molecule has 5 heteroatoms. The van der Waals surface area contributed by atoms with Crippen molar-refractivity contribution in [3.05, 3.63) is 16.4 Å². The standard InChI is InChI=1S/C16H28ClN3O/c1-5-6-7-13-8-20(10-15(21-13)11(2)3)9-14-16(17)12(4)18-19-14/h11,13,15H,5-10H2,1-4H3,(H,18,19)/t13-,15-/m1/s1. The van der Waals surface area contributed by atoms with E-state index in [0.717, 1.165) is 42.5 Å². The van der Waals surface area contributed by atoms with Crippen LogP contribution < -0.4 is 0 Å². The minimum atomic E-state index is 0.305. The largest absolute Gasteiger partial charge is 0.372 e. The van der Waals surface area contributed by atoms with E-state index in [1.54, 1.807) is 0 Å². The molecule has 2 rings (SSSR count). The molecule has 2 heterocycles. The van der Waals surface area contributed by atoms with E-state index in [0.29, 0.717) is 18.1 Å². The summed E-state index contributed by atoms with van der Waals surface area (Å²) < 4.78 is 6.25. The minimum absolute atomic E-state index is 0.305. The summed E-state index contributed by atoms with van der Waals surface area (Å²) in [4.78, 5) is 2.44. The summed E-state index contributed by atoms with van der Waals surface area (Å²) in [7, 11) is 0. The second-order valence-corrected chi connectivity index (χ2v) is 6.86. The summed E-state index contributed by atoms with van der Waals surface area (Å²) in [5, 5.41) is 8.06. The number of rotatable bonds is 6. The molecule has 1 aromatic rings. The first-order chi connectivity index (χ1) is 10.0. The lowest BCUT2D eigenvalue weighted by molar-refractivity contribution is -0.108. The Bertz CT molecular complexity index is 447. The van der Waals surface area contributed by atoms with Crippen molar-refractivity contribution in [3.8, 4) is 0 Å². The number of nitrogens with zero attached hydrogens (tertiary/aromatic N) is 2. The predicted octanol–water partition coefficient (Wildman–Crippen LogP) is 3.79. The van der Waals surface area contributed by atoms with Crippen LogP contribution in [0.15, 0.2) is 0 Å². The Hall–Kier alpha value is -0.580. The van der Waals surface area contributed by atoms with Crippen molar-refractivity contribution in [2.75, 3.05) is 13.1 Å². The topological polar surface area (TPSA) is 41.2 Å². The molecule has 4 nitrogen and oxygen atoms in total. The molecule has 0 radical (unpaired) electrons. The van der Waals surface area contributed by atoms with E-state index in [-0.39, 0.29) is 0 Å². The summed E-state index contributed by atoms with van der Waals surface area (Å²) in [6.45, 7) is 11.4. The van der Waals surface area contributed by atoms with Gasteiger partial charge in [-0.15, -0.1) is 0 Å². The molecule has 0 saturated carbocycles. The molecule has 120 valence electrons. The maximum absolute atomic E-state index is 6.30. The van der Waals surface area contributed by atoms with Crippen molar-refractivity contribution in [2.45, 2.75) is 65.7 Å². The van der Waals surface area contributed by atoms with Gasteiger partial charge in [-0.05, 0) is 19.3 Å². The Kier molecular flexibility index (Phi) is 6.08. The number of ether oxygens (including phenoxy) is 1. The van der Waals surface area contributed by atoms with Gasteiger partial charge >= 0.3 is 0 Å². The summed E-state index contributed by atoms with van der Waals surface area (Å²) >= 11 is 6.30. The number of H-pyrrole nitrogens is 1. The van der Waals surface area contributed by atoms with Crippen molar-refractivity contribution in [3.63, 3.8) is 0 Å². The van der Waals surface area contributed by atoms with Crippen LogP contribution in [0.25, 0.3) is 0 Å². The highest BCUT2D eigenvalue weighted by Gasteiger charge is 2.30. The first kappa shape index (κ1) is 16.8. The lowest BCUT2D eigenvalue weighted by Gasteiger charge is -2.39. The molecule has 1 aliphatic heterocycles. The second-order valence-electron chi connectivity index (χ2n) is 6.49. The normalized spacial score (nSPS) is 23.9. The van der Waals surface area contributed by atoms with Crippen LogP contribution in [0.5, 0.6) is 0 Å². The van der Waals surface area contributed by atoms with Crippen LogP contribution in [0.4, 0.5) is 0 Å². The second kappa shape index (κ2) is 7.61. The average Bonchev–Trinajstić information content (AvgIpc) is 2.77. The summed E-state index contributed by atoms with van der Waals surface area (Å²) in [6, 6.07) is 0. The number of hydrogen-bond donors (Lipinski definition) is 1. The predicted molar refractivity (Wildman–Crippen MR) is 86.6 cm³/mol. The fourth-order valence-electron chi connectivity index (χ4n) is 2.82. The van der Waals surface area contributed by atoms with E-state index in [2.05, 4.69) is 35.9 Å². The smallest absolute Gasteiger partial charge is 0.0951 e. The maximum atomic E-state index is 6.30. The van der Waals surface area contributed by atoms with Gasteiger partial charge in [0.2, 0.25) is 0 Å². The number of nitrogens with one attached hydrogen (secondary N) is 1. The van der Waals surface area contributed by atoms with Crippen molar-refractivity contribution >= 4 is 11.6 Å². The number of morpholine rings is 1. The highest BCUT2D eigenvalue weighted by atomic mass is 35.5. The fourth-order valence-corrected chi connectivity index (χ4v) is 2.97. The van der Waals surface area contributed by atoms with Gasteiger partial charge < -0.3 is 4.74 Å². The molecule has 0 amide bonds. The van der Waals surface area contributed by atoms with Crippen LogP contribution in [0, 0.1) is 12.8 Å². The third kappa shape index (κ3) is 4.44. The number of unbranched alkanes of at least 4 members (excludes halogenated alkanes) is 1. The maximum Gasteiger partial charge on any atom is 0.0951 e. The van der Waals surface area contributed by atoms with E-state index in [4.69, 9.17) is 16.3 Å². The van der Waals surface area contributed by atoms with Gasteiger partial charge in [0.05, 0.1) is 28.6 Å². The van der Waals surface area contributed by atoms with Gasteiger partial charge in [0.15, 0.2) is 0 Å². The molecule has 1 fully saturated rings. The number of aromatic amines is 1. The van der Waals surface area contributed by atoms with E-state index >= 15 is 0 Å². The number of aryl methyl sites for hydroxylation is 1. The minimum Gasteiger partial charge on any atom is -0.372 e. The van der Waals surface area contributed by atoms with E-state index in [9.17, 15) is 0 Å². The quantitative estimate of drug-likeness (QED) is 0.868. The molecule has 0 aliphatic carbocycles. The molecule has 0 spiro atoms. The van der Waals surface area contributed by atoms with Crippen molar-refractivity contribution in [1.82, 2.24) is 15.1 Å². The van der Waals surface area contributed by atoms with Crippen LogP contribution in [0.1, 0.15) is 51.4 Å². The molecule has 21 heavy (non-hydrogen) atoms. The first-order valence-electron chi connectivity index (χ1n) is 8.08. The first-order valence-corrected chi connectivity index (χ1v) is 8.46. The van der Waals surface area contributed by atoms with Crippen LogP contribution in [0.2, 0.25) is 5.02 Å². The Balaban J connectivity index is 2.01. The Labute approximate surface area is 133 Å². The zero-order valence-corrected chi connectivity index (χ0v) is 14.4. The molecular formula is C16H28ClN3O. The number of hydrogen-bond acceptors (Lipinski definition) is 3. The van der Waals surface area contributed by atoms with Gasteiger partial charge in [0.1, 0.15) is 0 Å². The SMILES string of the molecule is CCCC[C@@H]1CN(Cc2n[nH]c(C)c2Cl)C[C@H](C(C)C)O1. The molecule has 0 aromatic carbocycles. The average molecular weight is 314 g/mol. The Morgan fingerprint density at radius 2 is 2.19 bits per heavy atom. The van der Waals surface area contributed by atoms with Crippen LogP contribution in [-0.2, 0) is 11.3 Å². The van der Waals surface area contributed by atoms with Gasteiger partial charge in [0, 0.05) is 19.6 Å². The van der Waals surface area contributed by atoms with Crippen LogP contribution in [0.3, 0.4) is 0 Å². The number of aromatic nitrogens is 2. The van der Waals surface area contributed by atoms with Gasteiger partial charge in [0.25, 0.3) is 0 Å². The lowest BCUT2D eigenvalue weighted by atomic mass is 10.0. The van der Waals surface area contributed by atoms with Crippen molar-refractivity contribution in [1.29, 1.82) is 0 Å². The van der Waals surface area contributed by atoms with Gasteiger partial charge in [-0.2, -0.15) is 5.10 Å². The highest BCUT2D eigenvalue weighted by Crippen LogP contribution is 2.24. The summed E-state index contributed by atoms with van der Waals surface area (Å²) in [5.41, 5.74) is 1.90. The Morgan fingerprint density at radius 3 is 2.76 bits per heavy atom. The van der Waals surface area contributed by atoms with Gasteiger partial charge in [-0.1, -0.05) is 45.2 Å². The van der Waals surface area contributed by atoms with E-state index < -0.39 is 0 Å². The third-order valence-corrected chi connectivity index (χ3v) is 4.71. The highest BCUT2D eigenvalue weighted by molar-refractivity contribution is 6.31. The van der Waals surface area contributed by atoms with E-state index in [1.807, 2.05) is 6.92 Å². The summed E-state index contributed by atoms with van der Waals surface area (Å²) in [6.07, 6.45) is 4.23. The molecule has 2 atom stereocenters. The van der Waals surface area contributed by atoms with Crippen LogP contribution in [-0.4, -0.2) is 40.4 Å². The Morgan fingerprint density at radius 1 is 1.43 bits per heavy atom. The fraction of sp³-hybridized carbons (Fsp3) is 0.812. The zero-order valence-electron chi connectivity index (χ0n) is 13.7. The molecule has 1 saturated heterocycles. The van der Waals surface area contributed by atoms with Crippen molar-refractivity contribution < 1.29 is 4.74 Å².